The summed E-state index contributed by atoms with van der Waals surface area (Å²) in [6.07, 6.45) is 48.2. The maximum atomic E-state index is 12.4. The average molecular weight is 751 g/mol. The Bertz CT molecular complexity index is 1030. The predicted octanol–water partition coefficient (Wildman–Crippen LogP) is 12.5. The lowest BCUT2D eigenvalue weighted by Crippen LogP contribution is -2.29. The van der Waals surface area contributed by atoms with Crippen molar-refractivity contribution in [3.63, 3.8) is 0 Å². The number of esters is 2. The van der Waals surface area contributed by atoms with Crippen LogP contribution in [0.4, 0.5) is 0 Å². The summed E-state index contributed by atoms with van der Waals surface area (Å²) in [7, 11) is -4.78. The summed E-state index contributed by atoms with van der Waals surface area (Å²) in [5.41, 5.74) is 0. The normalized spacial score (nSPS) is 13.1. The Kier molecular flexibility index (Phi) is 36.8. The molecule has 0 rings (SSSR count). The molecular weight excluding hydrogens is 675 g/mol. The van der Waals surface area contributed by atoms with Crippen molar-refractivity contribution in [1.29, 1.82) is 0 Å². The molecule has 0 aromatic carbocycles. The third-order valence-electron chi connectivity index (χ3n) is 8.51. The molecule has 0 aliphatic heterocycles. The second kappa shape index (κ2) is 38.5. The van der Waals surface area contributed by atoms with E-state index < -0.39 is 32.5 Å². The Labute approximate surface area is 317 Å². The number of rotatable bonds is 37. The number of allylic oxidation sites excluding steroid dienone is 10. The largest absolute Gasteiger partial charge is 0.469 e. The molecule has 52 heavy (non-hydrogen) atoms. The van der Waals surface area contributed by atoms with Crippen LogP contribution in [-0.4, -0.2) is 41.0 Å². The fourth-order valence-corrected chi connectivity index (χ4v) is 5.79. The number of phosphoric ester groups is 1. The van der Waals surface area contributed by atoms with E-state index in [9.17, 15) is 14.2 Å². The monoisotopic (exact) mass is 751 g/mol. The Morgan fingerprint density at radius 1 is 0.500 bits per heavy atom. The van der Waals surface area contributed by atoms with Gasteiger partial charge >= 0.3 is 19.8 Å². The molecule has 0 aromatic rings. The van der Waals surface area contributed by atoms with Gasteiger partial charge in [0.1, 0.15) is 6.61 Å². The highest BCUT2D eigenvalue weighted by Crippen LogP contribution is 2.36. The van der Waals surface area contributed by atoms with Gasteiger partial charge in [-0.15, -0.1) is 0 Å². The molecule has 0 saturated heterocycles. The molecule has 0 aliphatic carbocycles. The van der Waals surface area contributed by atoms with Crippen molar-refractivity contribution in [3.05, 3.63) is 60.8 Å². The molecule has 0 aliphatic rings. The van der Waals surface area contributed by atoms with Crippen LogP contribution in [0.2, 0.25) is 0 Å². The summed E-state index contributed by atoms with van der Waals surface area (Å²) in [5.74, 6) is -1.00. The van der Waals surface area contributed by atoms with Crippen molar-refractivity contribution in [2.45, 2.75) is 187 Å². The average Bonchev–Trinajstić information content (AvgIpc) is 3.11. The smallest absolute Gasteiger partial charge is 0.462 e. The van der Waals surface area contributed by atoms with Crippen LogP contribution in [-0.2, 0) is 28.2 Å². The third-order valence-corrected chi connectivity index (χ3v) is 8.99. The van der Waals surface area contributed by atoms with Crippen LogP contribution in [0.15, 0.2) is 60.8 Å². The van der Waals surface area contributed by atoms with Gasteiger partial charge in [0, 0.05) is 12.8 Å². The zero-order chi connectivity index (χ0) is 38.2. The van der Waals surface area contributed by atoms with Gasteiger partial charge in [0.25, 0.3) is 0 Å². The number of carbonyl (C=O) groups is 2. The van der Waals surface area contributed by atoms with Gasteiger partial charge in [0.15, 0.2) is 6.10 Å². The van der Waals surface area contributed by atoms with E-state index in [1.54, 1.807) is 0 Å². The van der Waals surface area contributed by atoms with Gasteiger partial charge in [-0.3, -0.25) is 14.1 Å². The summed E-state index contributed by atoms with van der Waals surface area (Å²) in [6.45, 7) is 3.59. The minimum atomic E-state index is -4.78. The maximum absolute atomic E-state index is 12.4. The molecule has 0 amide bonds. The third kappa shape index (κ3) is 40.5. The Hall–Kier alpha value is -2.25. The Morgan fingerprint density at radius 3 is 1.29 bits per heavy atom. The van der Waals surface area contributed by atoms with Crippen molar-refractivity contribution in [2.75, 3.05) is 13.2 Å². The standard InChI is InChI=1S/C43H75O8P/c1-3-5-7-9-11-13-15-17-19-21-23-25-27-29-31-33-35-37-42(44)49-39-41(40-50-52(46,47)48)51-43(45)38-36-34-32-30-28-26-24-22-20-18-16-14-12-10-8-6-4-2/h17,19,23-26,29-32,41H,3-16,18,20-22,27-28,33-40H2,1-2H3,(H2,46,47,48)/b19-17+,25-23+,26-24+,31-29+,32-30+/t41-/m1/s1. The quantitative estimate of drug-likeness (QED) is 0.0279. The number of hydrogen-bond acceptors (Lipinski definition) is 6. The highest BCUT2D eigenvalue weighted by Gasteiger charge is 2.22. The second-order valence-corrected chi connectivity index (χ2v) is 14.8. The lowest BCUT2D eigenvalue weighted by molar-refractivity contribution is -0.161. The molecular formula is C43H75O8P. The first-order valence-electron chi connectivity index (χ1n) is 20.6. The van der Waals surface area contributed by atoms with Gasteiger partial charge in [0.2, 0.25) is 0 Å². The van der Waals surface area contributed by atoms with Crippen molar-refractivity contribution < 1.29 is 37.9 Å². The van der Waals surface area contributed by atoms with Crippen LogP contribution in [0.25, 0.3) is 0 Å². The number of carbonyl (C=O) groups excluding carboxylic acids is 2. The zero-order valence-electron chi connectivity index (χ0n) is 32.9. The van der Waals surface area contributed by atoms with Crippen molar-refractivity contribution in [1.82, 2.24) is 0 Å². The van der Waals surface area contributed by atoms with Crippen LogP contribution in [0.3, 0.4) is 0 Å². The maximum Gasteiger partial charge on any atom is 0.469 e. The van der Waals surface area contributed by atoms with Crippen LogP contribution in [0, 0.1) is 0 Å². The minimum Gasteiger partial charge on any atom is -0.462 e. The molecule has 9 heteroatoms. The van der Waals surface area contributed by atoms with E-state index in [0.717, 1.165) is 38.5 Å². The fraction of sp³-hybridized carbons (Fsp3) is 0.721. The number of phosphoric acid groups is 1. The summed E-state index contributed by atoms with van der Waals surface area (Å²) in [6, 6.07) is 0. The zero-order valence-corrected chi connectivity index (χ0v) is 33.8. The molecule has 0 fully saturated rings. The van der Waals surface area contributed by atoms with E-state index >= 15 is 0 Å². The SMILES string of the molecule is CCCCCCCC/C=C/C/C=C/C/C=C/CCCC(=O)OC[C@H](COP(=O)(O)O)OC(=O)CCC/C=C/C/C=C/CCCCCCCCCCC. The van der Waals surface area contributed by atoms with Crippen LogP contribution >= 0.6 is 7.82 Å². The number of ether oxygens (including phenoxy) is 2. The molecule has 1 atom stereocenters. The molecule has 2 N–H and O–H groups in total. The molecule has 0 spiro atoms. The molecule has 0 radical (unpaired) electrons. The fourth-order valence-electron chi connectivity index (χ4n) is 5.43. The van der Waals surface area contributed by atoms with E-state index in [4.69, 9.17) is 19.3 Å². The Morgan fingerprint density at radius 2 is 0.865 bits per heavy atom. The van der Waals surface area contributed by atoms with Crippen molar-refractivity contribution in [3.8, 4) is 0 Å². The number of unbranched alkanes of at least 4 members (excludes halogenated alkanes) is 17. The van der Waals surface area contributed by atoms with E-state index in [-0.39, 0.29) is 19.4 Å². The topological polar surface area (TPSA) is 119 Å². The molecule has 0 heterocycles. The molecule has 0 aromatic heterocycles. The summed E-state index contributed by atoms with van der Waals surface area (Å²) < 4.78 is 26.3. The van der Waals surface area contributed by atoms with E-state index in [1.807, 2.05) is 12.2 Å². The van der Waals surface area contributed by atoms with Crippen LogP contribution in [0.1, 0.15) is 181 Å². The molecule has 300 valence electrons. The van der Waals surface area contributed by atoms with Gasteiger partial charge in [-0.05, 0) is 70.6 Å². The lowest BCUT2D eigenvalue weighted by Gasteiger charge is -2.18. The summed E-state index contributed by atoms with van der Waals surface area (Å²) >= 11 is 0. The van der Waals surface area contributed by atoms with E-state index in [2.05, 4.69) is 67.0 Å². The second-order valence-electron chi connectivity index (χ2n) is 13.6. The van der Waals surface area contributed by atoms with Crippen molar-refractivity contribution in [2.24, 2.45) is 0 Å². The van der Waals surface area contributed by atoms with Crippen molar-refractivity contribution >= 4 is 19.8 Å². The molecule has 0 unspecified atom stereocenters. The first-order chi connectivity index (χ1) is 25.3. The molecule has 0 bridgehead atoms. The van der Waals surface area contributed by atoms with Crippen LogP contribution in [0.5, 0.6) is 0 Å². The van der Waals surface area contributed by atoms with Crippen LogP contribution < -0.4 is 0 Å². The van der Waals surface area contributed by atoms with Gasteiger partial charge in [-0.2, -0.15) is 0 Å². The first-order valence-corrected chi connectivity index (χ1v) is 22.1. The predicted molar refractivity (Wildman–Crippen MR) is 216 cm³/mol. The van der Waals surface area contributed by atoms with E-state index in [0.29, 0.717) is 19.3 Å². The summed E-state index contributed by atoms with van der Waals surface area (Å²) in [4.78, 5) is 42.7. The van der Waals surface area contributed by atoms with E-state index in [1.165, 1.54) is 96.3 Å². The lowest BCUT2D eigenvalue weighted by atomic mass is 10.1. The highest BCUT2D eigenvalue weighted by molar-refractivity contribution is 7.46. The summed E-state index contributed by atoms with van der Waals surface area (Å²) in [5, 5.41) is 0. The Balaban J connectivity index is 4.09. The van der Waals surface area contributed by atoms with Gasteiger partial charge in [0.05, 0.1) is 6.61 Å². The van der Waals surface area contributed by atoms with Gasteiger partial charge in [-0.25, -0.2) is 4.57 Å². The first kappa shape index (κ1) is 49.8. The highest BCUT2D eigenvalue weighted by atomic mass is 31.2. The minimum absolute atomic E-state index is 0.136. The van der Waals surface area contributed by atoms with Gasteiger partial charge < -0.3 is 19.3 Å². The number of hydrogen-bond donors (Lipinski definition) is 2. The molecule has 8 nitrogen and oxygen atoms in total. The molecule has 0 saturated carbocycles. The van der Waals surface area contributed by atoms with Gasteiger partial charge in [-0.1, -0.05) is 158 Å².